The van der Waals surface area contributed by atoms with Crippen LogP contribution in [0.15, 0.2) is 66.9 Å². The van der Waals surface area contributed by atoms with Crippen LogP contribution in [-0.4, -0.2) is 22.0 Å². The van der Waals surface area contributed by atoms with E-state index in [2.05, 4.69) is 65.5 Å². The van der Waals surface area contributed by atoms with Gasteiger partial charge >= 0.3 is 6.03 Å². The van der Waals surface area contributed by atoms with Crippen LogP contribution >= 0.6 is 0 Å². The van der Waals surface area contributed by atoms with Crippen LogP contribution in [0.4, 0.5) is 10.5 Å². The summed E-state index contributed by atoms with van der Waals surface area (Å²) in [7, 11) is 0. The molecule has 2 aromatic carbocycles. The zero-order valence-corrected chi connectivity index (χ0v) is 15.9. The topological polar surface area (TPSA) is 37.3 Å². The number of aromatic nitrogens is 1. The van der Waals surface area contributed by atoms with Crippen LogP contribution in [0.3, 0.4) is 0 Å². The molecule has 1 aliphatic heterocycles. The Bertz CT molecular complexity index is 945. The van der Waals surface area contributed by atoms with Crippen molar-refractivity contribution in [1.82, 2.24) is 9.47 Å². The van der Waals surface area contributed by atoms with Gasteiger partial charge in [0.2, 0.25) is 0 Å². The SMILES string of the molecule is Cc1cccc(NC(=O)N2CCn3cccc3C2Cc2ccccc2)c1C. The normalized spacial score (nSPS) is 16.1. The van der Waals surface area contributed by atoms with Gasteiger partial charge in [-0.25, -0.2) is 4.79 Å². The third-order valence-corrected chi connectivity index (χ3v) is 5.54. The molecule has 0 spiro atoms. The molecular weight excluding hydrogens is 334 g/mol. The molecule has 2 heterocycles. The van der Waals surface area contributed by atoms with Crippen LogP contribution in [0, 0.1) is 13.8 Å². The van der Waals surface area contributed by atoms with Crippen molar-refractivity contribution in [3.8, 4) is 0 Å². The molecule has 3 aromatic rings. The molecule has 0 bridgehead atoms. The Balaban J connectivity index is 1.61. The van der Waals surface area contributed by atoms with Crippen LogP contribution in [-0.2, 0) is 13.0 Å². The summed E-state index contributed by atoms with van der Waals surface area (Å²) in [5.74, 6) is 0. The second-order valence-corrected chi connectivity index (χ2v) is 7.20. The highest BCUT2D eigenvalue weighted by molar-refractivity contribution is 5.90. The third-order valence-electron chi connectivity index (χ3n) is 5.54. The molecule has 1 N–H and O–H groups in total. The van der Waals surface area contributed by atoms with Crippen molar-refractivity contribution in [3.63, 3.8) is 0 Å². The fourth-order valence-electron chi connectivity index (χ4n) is 3.83. The first kappa shape index (κ1) is 17.4. The number of benzene rings is 2. The van der Waals surface area contributed by atoms with Crippen LogP contribution < -0.4 is 5.32 Å². The van der Waals surface area contributed by atoms with Crippen molar-refractivity contribution in [2.45, 2.75) is 32.9 Å². The first-order chi connectivity index (χ1) is 13.1. The lowest BCUT2D eigenvalue weighted by atomic mass is 10.0. The van der Waals surface area contributed by atoms with Gasteiger partial charge in [0.15, 0.2) is 0 Å². The molecule has 1 atom stereocenters. The monoisotopic (exact) mass is 359 g/mol. The molecule has 138 valence electrons. The highest BCUT2D eigenvalue weighted by Gasteiger charge is 2.31. The van der Waals surface area contributed by atoms with Gasteiger partial charge in [0.05, 0.1) is 6.04 Å². The molecular formula is C23H25N3O. The zero-order chi connectivity index (χ0) is 18.8. The van der Waals surface area contributed by atoms with Crippen molar-refractivity contribution >= 4 is 11.7 Å². The maximum Gasteiger partial charge on any atom is 0.322 e. The molecule has 4 nitrogen and oxygen atoms in total. The van der Waals surface area contributed by atoms with E-state index in [0.717, 1.165) is 24.2 Å². The van der Waals surface area contributed by atoms with Crippen LogP contribution in [0.25, 0.3) is 0 Å². The molecule has 2 amide bonds. The number of nitrogens with zero attached hydrogens (tertiary/aromatic N) is 2. The van der Waals surface area contributed by atoms with Crippen LogP contribution in [0.1, 0.15) is 28.4 Å². The summed E-state index contributed by atoms with van der Waals surface area (Å²) in [4.78, 5) is 15.1. The van der Waals surface area contributed by atoms with Gasteiger partial charge in [-0.1, -0.05) is 42.5 Å². The molecule has 27 heavy (non-hydrogen) atoms. The molecule has 1 aliphatic rings. The van der Waals surface area contributed by atoms with Crippen molar-refractivity contribution < 1.29 is 4.79 Å². The molecule has 0 fully saturated rings. The number of carbonyl (C=O) groups is 1. The number of urea groups is 1. The Kier molecular flexibility index (Phi) is 4.71. The Hall–Kier alpha value is -3.01. The summed E-state index contributed by atoms with van der Waals surface area (Å²) in [5.41, 5.74) is 5.62. The summed E-state index contributed by atoms with van der Waals surface area (Å²) < 4.78 is 2.26. The summed E-state index contributed by atoms with van der Waals surface area (Å²) in [6.45, 7) is 5.65. The number of rotatable bonds is 3. The predicted molar refractivity (Wildman–Crippen MR) is 109 cm³/mol. The Morgan fingerprint density at radius 1 is 1.00 bits per heavy atom. The second kappa shape index (κ2) is 7.31. The number of hydrogen-bond acceptors (Lipinski definition) is 1. The lowest BCUT2D eigenvalue weighted by Gasteiger charge is -2.37. The van der Waals surface area contributed by atoms with E-state index in [1.165, 1.54) is 16.8 Å². The Labute approximate surface area is 160 Å². The van der Waals surface area contributed by atoms with Gasteiger partial charge in [0.25, 0.3) is 0 Å². The summed E-state index contributed by atoms with van der Waals surface area (Å²) >= 11 is 0. The Morgan fingerprint density at radius 3 is 2.63 bits per heavy atom. The summed E-state index contributed by atoms with van der Waals surface area (Å²) in [6, 6.07) is 20.6. The third kappa shape index (κ3) is 3.47. The van der Waals surface area contributed by atoms with E-state index >= 15 is 0 Å². The molecule has 1 unspecified atom stereocenters. The molecule has 0 saturated heterocycles. The summed E-state index contributed by atoms with van der Waals surface area (Å²) in [6.07, 6.45) is 2.92. The van der Waals surface area contributed by atoms with E-state index < -0.39 is 0 Å². The number of anilines is 1. The fourth-order valence-corrected chi connectivity index (χ4v) is 3.83. The second-order valence-electron chi connectivity index (χ2n) is 7.20. The van der Waals surface area contributed by atoms with Gasteiger partial charge in [-0.3, -0.25) is 0 Å². The number of fused-ring (bicyclic) bond motifs is 1. The van der Waals surface area contributed by atoms with Crippen molar-refractivity contribution in [2.24, 2.45) is 0 Å². The van der Waals surface area contributed by atoms with Gasteiger partial charge in [0.1, 0.15) is 0 Å². The van der Waals surface area contributed by atoms with E-state index in [1.54, 1.807) is 0 Å². The molecule has 0 radical (unpaired) electrons. The quantitative estimate of drug-likeness (QED) is 0.707. The molecule has 1 aromatic heterocycles. The van der Waals surface area contributed by atoms with Crippen molar-refractivity contribution in [2.75, 3.05) is 11.9 Å². The minimum atomic E-state index is -0.0305. The number of hydrogen-bond donors (Lipinski definition) is 1. The number of carbonyl (C=O) groups excluding carboxylic acids is 1. The highest BCUT2D eigenvalue weighted by Crippen LogP contribution is 2.30. The first-order valence-corrected chi connectivity index (χ1v) is 9.46. The van der Waals surface area contributed by atoms with E-state index in [-0.39, 0.29) is 12.1 Å². The van der Waals surface area contributed by atoms with Gasteiger partial charge in [-0.15, -0.1) is 0 Å². The Morgan fingerprint density at radius 2 is 1.81 bits per heavy atom. The molecule has 0 saturated carbocycles. The standard InChI is InChI=1S/C23H25N3O/c1-17-8-6-11-20(18(17)2)24-23(27)26-15-14-25-13-7-12-21(25)22(26)16-19-9-4-3-5-10-19/h3-13,22H,14-16H2,1-2H3,(H,24,27). The average molecular weight is 359 g/mol. The predicted octanol–water partition coefficient (Wildman–Crippen LogP) is 4.94. The van der Waals surface area contributed by atoms with Crippen LogP contribution in [0.5, 0.6) is 0 Å². The minimum absolute atomic E-state index is 0.0289. The van der Waals surface area contributed by atoms with Gasteiger partial charge in [-0.2, -0.15) is 0 Å². The maximum atomic E-state index is 13.2. The van der Waals surface area contributed by atoms with Gasteiger partial charge < -0.3 is 14.8 Å². The molecule has 0 aliphatic carbocycles. The van der Waals surface area contributed by atoms with Gasteiger partial charge in [0, 0.05) is 30.7 Å². The number of nitrogens with one attached hydrogen (secondary N) is 1. The molecule has 4 rings (SSSR count). The van der Waals surface area contributed by atoms with Crippen LogP contribution in [0.2, 0.25) is 0 Å². The van der Waals surface area contributed by atoms with Crippen molar-refractivity contribution in [1.29, 1.82) is 0 Å². The summed E-state index contributed by atoms with van der Waals surface area (Å²) in [5, 5.41) is 3.14. The lowest BCUT2D eigenvalue weighted by molar-refractivity contribution is 0.167. The van der Waals surface area contributed by atoms with E-state index in [0.29, 0.717) is 6.54 Å². The van der Waals surface area contributed by atoms with E-state index in [9.17, 15) is 4.79 Å². The smallest absolute Gasteiger partial charge is 0.322 e. The minimum Gasteiger partial charge on any atom is -0.348 e. The highest BCUT2D eigenvalue weighted by atomic mass is 16.2. The van der Waals surface area contributed by atoms with E-state index in [1.807, 2.05) is 30.0 Å². The maximum absolute atomic E-state index is 13.2. The van der Waals surface area contributed by atoms with Crippen molar-refractivity contribution in [3.05, 3.63) is 89.2 Å². The lowest BCUT2D eigenvalue weighted by Crippen LogP contribution is -2.44. The number of amides is 2. The number of aryl methyl sites for hydroxylation is 1. The van der Waals surface area contributed by atoms with Gasteiger partial charge in [-0.05, 0) is 55.2 Å². The first-order valence-electron chi connectivity index (χ1n) is 9.46. The van der Waals surface area contributed by atoms with E-state index in [4.69, 9.17) is 0 Å². The zero-order valence-electron chi connectivity index (χ0n) is 15.9. The molecule has 4 heteroatoms. The average Bonchev–Trinajstić information content (AvgIpc) is 3.16. The fraction of sp³-hybridized carbons (Fsp3) is 0.261. The largest absolute Gasteiger partial charge is 0.348 e.